The Balaban J connectivity index is 1.62. The van der Waals surface area contributed by atoms with Crippen LogP contribution in [-0.2, 0) is 11.2 Å². The summed E-state index contributed by atoms with van der Waals surface area (Å²) in [6.07, 6.45) is 0.306. The van der Waals surface area contributed by atoms with Crippen molar-refractivity contribution in [2.45, 2.75) is 6.42 Å². The van der Waals surface area contributed by atoms with E-state index in [1.807, 2.05) is 16.8 Å². The summed E-state index contributed by atoms with van der Waals surface area (Å²) in [5.74, 6) is 0.907. The van der Waals surface area contributed by atoms with Crippen LogP contribution in [0.15, 0.2) is 27.2 Å². The molecule has 3 rings (SSSR count). The molecule has 0 spiro atoms. The highest BCUT2D eigenvalue weighted by Crippen LogP contribution is 2.25. The Kier molecular flexibility index (Phi) is 3.95. The van der Waals surface area contributed by atoms with Gasteiger partial charge in [0.15, 0.2) is 5.17 Å². The number of thiophene rings is 1. The van der Waals surface area contributed by atoms with Gasteiger partial charge in [0.2, 0.25) is 5.91 Å². The monoisotopic (exact) mass is 309 g/mol. The third-order valence-electron chi connectivity index (χ3n) is 2.49. The molecule has 0 bridgehead atoms. The zero-order valence-corrected chi connectivity index (χ0v) is 12.4. The molecule has 0 saturated carbocycles. The minimum Gasteiger partial charge on any atom is -0.305 e. The molecule has 4 nitrogen and oxygen atoms in total. The van der Waals surface area contributed by atoms with E-state index in [4.69, 9.17) is 0 Å². The van der Waals surface area contributed by atoms with Gasteiger partial charge in [-0.05, 0) is 11.4 Å². The molecule has 1 amide bonds. The molecule has 0 unspecified atom stereocenters. The van der Waals surface area contributed by atoms with Crippen LogP contribution >= 0.6 is 34.4 Å². The molecule has 0 aromatic carbocycles. The highest BCUT2D eigenvalue weighted by atomic mass is 32.2. The third-order valence-corrected chi connectivity index (χ3v) is 5.01. The van der Waals surface area contributed by atoms with Crippen LogP contribution in [0.5, 0.6) is 0 Å². The Morgan fingerprint density at radius 1 is 1.42 bits per heavy atom. The standard InChI is InChI=1S/C12H11N3OS3/c16-10(15-12-13-2-4-18-12)5-9-7-19-11(14-9)8-1-3-17-6-8/h1,3,6-7H,2,4-5H2,(H,13,15,16). The lowest BCUT2D eigenvalue weighted by Gasteiger charge is -2.01. The number of amidine groups is 1. The van der Waals surface area contributed by atoms with Gasteiger partial charge in [-0.25, -0.2) is 4.98 Å². The van der Waals surface area contributed by atoms with Gasteiger partial charge in [-0.2, -0.15) is 11.3 Å². The van der Waals surface area contributed by atoms with Gasteiger partial charge in [0, 0.05) is 22.1 Å². The number of nitrogens with one attached hydrogen (secondary N) is 1. The summed E-state index contributed by atoms with van der Waals surface area (Å²) in [5.41, 5.74) is 1.93. The Morgan fingerprint density at radius 2 is 2.37 bits per heavy atom. The molecular weight excluding hydrogens is 298 g/mol. The normalized spacial score (nSPS) is 14.4. The molecule has 2 aromatic rings. The van der Waals surface area contributed by atoms with E-state index in [1.54, 1.807) is 34.4 Å². The van der Waals surface area contributed by atoms with Crippen LogP contribution in [0.2, 0.25) is 0 Å². The Morgan fingerprint density at radius 3 is 3.11 bits per heavy atom. The highest BCUT2D eigenvalue weighted by Gasteiger charge is 2.13. The van der Waals surface area contributed by atoms with Crippen molar-refractivity contribution in [3.63, 3.8) is 0 Å². The fourth-order valence-electron chi connectivity index (χ4n) is 1.65. The Labute approximate surface area is 123 Å². The summed E-state index contributed by atoms with van der Waals surface area (Å²) in [5, 5.41) is 10.5. The van der Waals surface area contributed by atoms with Gasteiger partial charge in [-0.3, -0.25) is 9.79 Å². The second kappa shape index (κ2) is 5.85. The van der Waals surface area contributed by atoms with E-state index in [-0.39, 0.29) is 5.91 Å². The highest BCUT2D eigenvalue weighted by molar-refractivity contribution is 8.14. The Bertz CT molecular complexity index is 604. The first-order chi connectivity index (χ1) is 9.31. The maximum atomic E-state index is 11.8. The fourth-order valence-corrected chi connectivity index (χ4v) is 3.92. The average Bonchev–Trinajstić information content (AvgIpc) is 3.09. The zero-order chi connectivity index (χ0) is 13.1. The topological polar surface area (TPSA) is 54.4 Å². The molecule has 98 valence electrons. The second-order valence-electron chi connectivity index (χ2n) is 3.92. The molecule has 3 heterocycles. The predicted octanol–water partition coefficient (Wildman–Crippen LogP) is 2.63. The summed E-state index contributed by atoms with van der Waals surface area (Å²) < 4.78 is 0. The summed E-state index contributed by atoms with van der Waals surface area (Å²) in [6, 6.07) is 2.04. The molecule has 0 radical (unpaired) electrons. The molecular formula is C12H11N3OS3. The van der Waals surface area contributed by atoms with Gasteiger partial charge in [0.05, 0.1) is 18.7 Å². The molecule has 1 aliphatic rings. The number of amides is 1. The number of nitrogens with zero attached hydrogens (tertiary/aromatic N) is 2. The molecule has 0 saturated heterocycles. The quantitative estimate of drug-likeness (QED) is 0.948. The van der Waals surface area contributed by atoms with E-state index < -0.39 is 0 Å². The molecule has 1 aliphatic heterocycles. The maximum absolute atomic E-state index is 11.8. The zero-order valence-electron chi connectivity index (χ0n) is 9.96. The van der Waals surface area contributed by atoms with Crippen LogP contribution in [-0.4, -0.2) is 28.4 Å². The molecule has 0 fully saturated rings. The summed E-state index contributed by atoms with van der Waals surface area (Å²) in [4.78, 5) is 20.5. The van der Waals surface area contributed by atoms with Gasteiger partial charge < -0.3 is 5.32 Å². The number of aliphatic imine (C=N–C) groups is 1. The van der Waals surface area contributed by atoms with Crippen LogP contribution in [0.25, 0.3) is 10.6 Å². The molecule has 0 aliphatic carbocycles. The van der Waals surface area contributed by atoms with Crippen molar-refractivity contribution in [1.29, 1.82) is 0 Å². The summed E-state index contributed by atoms with van der Waals surface area (Å²) >= 11 is 4.81. The van der Waals surface area contributed by atoms with Crippen molar-refractivity contribution in [2.75, 3.05) is 12.3 Å². The lowest BCUT2D eigenvalue weighted by molar-refractivity contribution is -0.119. The predicted molar refractivity (Wildman–Crippen MR) is 82.0 cm³/mol. The molecule has 1 N–H and O–H groups in total. The van der Waals surface area contributed by atoms with Gasteiger partial charge in [-0.1, -0.05) is 11.8 Å². The van der Waals surface area contributed by atoms with Gasteiger partial charge in [-0.15, -0.1) is 11.3 Å². The minimum atomic E-state index is -0.0460. The average molecular weight is 309 g/mol. The van der Waals surface area contributed by atoms with Crippen LogP contribution < -0.4 is 5.32 Å². The molecule has 7 heteroatoms. The lowest BCUT2D eigenvalue weighted by atomic mass is 10.3. The molecule has 2 aromatic heterocycles. The van der Waals surface area contributed by atoms with Crippen molar-refractivity contribution < 1.29 is 4.79 Å². The van der Waals surface area contributed by atoms with Crippen molar-refractivity contribution in [1.82, 2.24) is 10.3 Å². The Hall–Kier alpha value is -1.18. The third kappa shape index (κ3) is 3.23. The van der Waals surface area contributed by atoms with Crippen LogP contribution in [0.4, 0.5) is 0 Å². The SMILES string of the molecule is O=C(Cc1csc(-c2ccsc2)n1)NC1=NCCS1. The number of carbonyl (C=O) groups excluding carboxylic acids is 1. The first kappa shape index (κ1) is 12.8. The van der Waals surface area contributed by atoms with E-state index in [2.05, 4.69) is 20.7 Å². The largest absolute Gasteiger partial charge is 0.305 e. The maximum Gasteiger partial charge on any atom is 0.231 e. The van der Waals surface area contributed by atoms with Crippen molar-refractivity contribution in [3.8, 4) is 10.6 Å². The number of thiazole rings is 1. The number of hydrogen-bond donors (Lipinski definition) is 1. The summed E-state index contributed by atoms with van der Waals surface area (Å²) in [7, 11) is 0. The van der Waals surface area contributed by atoms with Crippen molar-refractivity contribution in [3.05, 3.63) is 27.9 Å². The lowest BCUT2D eigenvalue weighted by Crippen LogP contribution is -2.28. The van der Waals surface area contributed by atoms with Crippen LogP contribution in [0.3, 0.4) is 0 Å². The minimum absolute atomic E-state index is 0.0460. The van der Waals surface area contributed by atoms with E-state index in [0.717, 1.165) is 33.7 Å². The smallest absolute Gasteiger partial charge is 0.231 e. The van der Waals surface area contributed by atoms with E-state index in [9.17, 15) is 4.79 Å². The van der Waals surface area contributed by atoms with Crippen molar-refractivity contribution >= 4 is 45.5 Å². The van der Waals surface area contributed by atoms with Gasteiger partial charge in [0.25, 0.3) is 0 Å². The number of carbonyl (C=O) groups is 1. The van der Waals surface area contributed by atoms with Gasteiger partial charge >= 0.3 is 0 Å². The first-order valence-electron chi connectivity index (χ1n) is 5.75. The van der Waals surface area contributed by atoms with Crippen LogP contribution in [0.1, 0.15) is 5.69 Å². The molecule has 0 atom stereocenters. The van der Waals surface area contributed by atoms with E-state index >= 15 is 0 Å². The van der Waals surface area contributed by atoms with Gasteiger partial charge in [0.1, 0.15) is 5.01 Å². The van der Waals surface area contributed by atoms with Crippen LogP contribution in [0, 0.1) is 0 Å². The number of hydrogen-bond acceptors (Lipinski definition) is 6. The number of thioether (sulfide) groups is 1. The fraction of sp³-hybridized carbons (Fsp3) is 0.250. The second-order valence-corrected chi connectivity index (χ2v) is 6.64. The number of rotatable bonds is 3. The summed E-state index contributed by atoms with van der Waals surface area (Å²) in [6.45, 7) is 0.791. The van der Waals surface area contributed by atoms with E-state index in [1.165, 1.54) is 0 Å². The first-order valence-corrected chi connectivity index (χ1v) is 8.56. The van der Waals surface area contributed by atoms with Crippen molar-refractivity contribution in [2.24, 2.45) is 4.99 Å². The molecule has 19 heavy (non-hydrogen) atoms. The number of aromatic nitrogens is 1. The van der Waals surface area contributed by atoms with E-state index in [0.29, 0.717) is 6.42 Å².